The van der Waals surface area contributed by atoms with Crippen molar-refractivity contribution in [3.8, 4) is 0 Å². The van der Waals surface area contributed by atoms with E-state index < -0.39 is 0 Å². The van der Waals surface area contributed by atoms with E-state index in [4.69, 9.17) is 9.15 Å². The molecule has 5 nitrogen and oxygen atoms in total. The van der Waals surface area contributed by atoms with Crippen LogP contribution in [0.3, 0.4) is 0 Å². The predicted octanol–water partition coefficient (Wildman–Crippen LogP) is 2.73. The summed E-state index contributed by atoms with van der Waals surface area (Å²) in [5.74, 6) is 0.566. The maximum Gasteiger partial charge on any atom is 0.257 e. The molecule has 2 aliphatic heterocycles. The van der Waals surface area contributed by atoms with Crippen molar-refractivity contribution in [3.05, 3.63) is 40.7 Å². The van der Waals surface area contributed by atoms with Crippen molar-refractivity contribution in [2.75, 3.05) is 13.1 Å². The summed E-state index contributed by atoms with van der Waals surface area (Å²) < 4.78 is 11.1. The molecule has 2 saturated heterocycles. The van der Waals surface area contributed by atoms with Crippen LogP contribution < -0.4 is 0 Å². The van der Waals surface area contributed by atoms with Gasteiger partial charge in [-0.05, 0) is 24.8 Å². The molecule has 0 aromatic carbocycles. The first-order valence-electron chi connectivity index (χ1n) is 7.17. The number of ether oxygens (including phenoxy) is 1. The number of furan rings is 1. The Balaban J connectivity index is 1.45. The van der Waals surface area contributed by atoms with Crippen LogP contribution in [0.5, 0.6) is 0 Å². The number of thiazole rings is 1. The lowest BCUT2D eigenvalue weighted by molar-refractivity contribution is -0.00450. The number of likely N-dealkylation sites (tertiary alicyclic amines) is 1. The largest absolute Gasteiger partial charge is 0.472 e. The molecule has 3 atom stereocenters. The maximum absolute atomic E-state index is 12.4. The van der Waals surface area contributed by atoms with Crippen LogP contribution in [0.1, 0.15) is 34.3 Å². The maximum atomic E-state index is 12.4. The molecule has 6 heteroatoms. The van der Waals surface area contributed by atoms with E-state index in [9.17, 15) is 4.79 Å². The third-order valence-electron chi connectivity index (χ3n) is 4.33. The molecule has 2 aliphatic rings. The van der Waals surface area contributed by atoms with Crippen LogP contribution in [0.15, 0.2) is 34.6 Å². The number of piperidine rings is 1. The summed E-state index contributed by atoms with van der Waals surface area (Å²) in [5.41, 5.74) is 0.614. The predicted molar refractivity (Wildman–Crippen MR) is 77.1 cm³/mol. The highest BCUT2D eigenvalue weighted by atomic mass is 32.1. The lowest BCUT2D eigenvalue weighted by Gasteiger charge is -2.33. The fraction of sp³-hybridized carbons (Fsp3) is 0.467. The minimum atomic E-state index is 0.0310. The quantitative estimate of drug-likeness (QED) is 0.856. The zero-order chi connectivity index (χ0) is 14.2. The van der Waals surface area contributed by atoms with Crippen LogP contribution in [0.2, 0.25) is 0 Å². The molecule has 0 bridgehead atoms. The fourth-order valence-corrected chi connectivity index (χ4v) is 3.92. The Kier molecular flexibility index (Phi) is 3.27. The smallest absolute Gasteiger partial charge is 0.257 e. The average Bonchev–Trinajstić information content (AvgIpc) is 3.24. The van der Waals surface area contributed by atoms with Crippen molar-refractivity contribution in [1.29, 1.82) is 0 Å². The average molecular weight is 304 g/mol. The van der Waals surface area contributed by atoms with Crippen molar-refractivity contribution >= 4 is 17.2 Å². The van der Waals surface area contributed by atoms with Gasteiger partial charge in [0.1, 0.15) is 17.4 Å². The van der Waals surface area contributed by atoms with E-state index in [0.29, 0.717) is 18.0 Å². The Morgan fingerprint density at radius 2 is 2.43 bits per heavy atom. The van der Waals surface area contributed by atoms with Gasteiger partial charge in [0, 0.05) is 24.7 Å². The normalized spacial score (nSPS) is 28.6. The first kappa shape index (κ1) is 13.0. The summed E-state index contributed by atoms with van der Waals surface area (Å²) in [6, 6.07) is 1.71. The van der Waals surface area contributed by atoms with Crippen LogP contribution in [0.4, 0.5) is 0 Å². The molecule has 2 fully saturated rings. The first-order chi connectivity index (χ1) is 10.3. The molecule has 0 N–H and O–H groups in total. The van der Waals surface area contributed by atoms with Gasteiger partial charge in [-0.25, -0.2) is 4.98 Å². The molecule has 0 saturated carbocycles. The molecule has 2 aromatic rings. The Morgan fingerprint density at radius 1 is 1.48 bits per heavy atom. The minimum absolute atomic E-state index is 0.0310. The summed E-state index contributed by atoms with van der Waals surface area (Å²) in [6.45, 7) is 1.45. The first-order valence-corrected chi connectivity index (χ1v) is 8.05. The minimum Gasteiger partial charge on any atom is -0.472 e. The number of nitrogens with zero attached hydrogens (tertiary/aromatic N) is 2. The lowest BCUT2D eigenvalue weighted by Crippen LogP contribution is -2.45. The number of carbonyl (C=O) groups is 1. The van der Waals surface area contributed by atoms with Crippen molar-refractivity contribution in [1.82, 2.24) is 9.88 Å². The second-order valence-corrected chi connectivity index (χ2v) is 6.51. The highest BCUT2D eigenvalue weighted by Gasteiger charge is 2.41. The van der Waals surface area contributed by atoms with E-state index in [2.05, 4.69) is 4.98 Å². The van der Waals surface area contributed by atoms with Gasteiger partial charge in [0.15, 0.2) is 0 Å². The second kappa shape index (κ2) is 5.27. The molecule has 0 spiro atoms. The van der Waals surface area contributed by atoms with Crippen LogP contribution in [0, 0.1) is 5.92 Å². The highest BCUT2D eigenvalue weighted by molar-refractivity contribution is 7.09. The zero-order valence-corrected chi connectivity index (χ0v) is 12.3. The molecule has 4 heterocycles. The molecule has 2 aromatic heterocycles. The zero-order valence-electron chi connectivity index (χ0n) is 11.5. The van der Waals surface area contributed by atoms with Gasteiger partial charge in [0.05, 0.1) is 17.9 Å². The van der Waals surface area contributed by atoms with E-state index in [-0.39, 0.29) is 18.1 Å². The molecule has 4 rings (SSSR count). The number of rotatable bonds is 2. The summed E-state index contributed by atoms with van der Waals surface area (Å²) in [7, 11) is 0. The van der Waals surface area contributed by atoms with Gasteiger partial charge >= 0.3 is 0 Å². The summed E-state index contributed by atoms with van der Waals surface area (Å²) >= 11 is 1.64. The van der Waals surface area contributed by atoms with E-state index >= 15 is 0 Å². The van der Waals surface area contributed by atoms with Crippen molar-refractivity contribution in [3.63, 3.8) is 0 Å². The Labute approximate surface area is 126 Å². The van der Waals surface area contributed by atoms with Gasteiger partial charge in [-0.3, -0.25) is 4.79 Å². The van der Waals surface area contributed by atoms with Crippen LogP contribution in [0.25, 0.3) is 0 Å². The van der Waals surface area contributed by atoms with Gasteiger partial charge < -0.3 is 14.1 Å². The van der Waals surface area contributed by atoms with E-state index in [1.807, 2.05) is 16.5 Å². The summed E-state index contributed by atoms with van der Waals surface area (Å²) in [5, 5.41) is 3.03. The summed E-state index contributed by atoms with van der Waals surface area (Å²) in [4.78, 5) is 18.6. The van der Waals surface area contributed by atoms with Crippen LogP contribution in [-0.2, 0) is 4.74 Å². The molecule has 21 heavy (non-hydrogen) atoms. The van der Waals surface area contributed by atoms with Gasteiger partial charge in [-0.2, -0.15) is 0 Å². The molecular weight excluding hydrogens is 288 g/mol. The number of fused-ring (bicyclic) bond motifs is 1. The van der Waals surface area contributed by atoms with Gasteiger partial charge in [-0.1, -0.05) is 0 Å². The highest BCUT2D eigenvalue weighted by Crippen LogP contribution is 2.41. The van der Waals surface area contributed by atoms with Crippen molar-refractivity contribution in [2.24, 2.45) is 5.92 Å². The van der Waals surface area contributed by atoms with Crippen LogP contribution in [-0.4, -0.2) is 35.0 Å². The van der Waals surface area contributed by atoms with E-state index in [1.165, 1.54) is 12.5 Å². The Bertz CT molecular complexity index is 611. The lowest BCUT2D eigenvalue weighted by atomic mass is 9.91. The third-order valence-corrected chi connectivity index (χ3v) is 5.20. The molecule has 1 amide bonds. The van der Waals surface area contributed by atoms with Crippen molar-refractivity contribution in [2.45, 2.75) is 25.0 Å². The third kappa shape index (κ3) is 2.38. The van der Waals surface area contributed by atoms with Crippen molar-refractivity contribution < 1.29 is 13.9 Å². The van der Waals surface area contributed by atoms with E-state index in [1.54, 1.807) is 17.4 Å². The van der Waals surface area contributed by atoms with E-state index in [0.717, 1.165) is 24.4 Å². The summed E-state index contributed by atoms with van der Waals surface area (Å²) in [6.07, 6.45) is 7.10. The topological polar surface area (TPSA) is 55.6 Å². The number of amides is 1. The van der Waals surface area contributed by atoms with Gasteiger partial charge in [0.25, 0.3) is 5.91 Å². The molecule has 0 aliphatic carbocycles. The number of hydrogen-bond donors (Lipinski definition) is 0. The fourth-order valence-electron chi connectivity index (χ4n) is 3.24. The molecule has 0 unspecified atom stereocenters. The standard InChI is InChI=1S/C15H16N2O3S/c18-15(11-2-5-19-9-11)17-4-1-10-7-12(20-13(10)8-17)14-16-3-6-21-14/h2-3,5-6,9-10,12-13H,1,4,7-8H2/t10-,12+,13+/m0/s1. The SMILES string of the molecule is O=C(c1ccoc1)N1CC[C@H]2C[C@H](c3nccs3)O[C@@H]2C1. The number of hydrogen-bond acceptors (Lipinski definition) is 5. The van der Waals surface area contributed by atoms with Gasteiger partial charge in [0.2, 0.25) is 0 Å². The number of aromatic nitrogens is 1. The monoisotopic (exact) mass is 304 g/mol. The Morgan fingerprint density at radius 3 is 3.19 bits per heavy atom. The van der Waals surface area contributed by atoms with Crippen LogP contribution >= 0.6 is 11.3 Å². The van der Waals surface area contributed by atoms with Gasteiger partial charge in [-0.15, -0.1) is 11.3 Å². The Hall–Kier alpha value is -1.66. The molecule has 0 radical (unpaired) electrons. The number of carbonyl (C=O) groups excluding carboxylic acids is 1. The second-order valence-electron chi connectivity index (χ2n) is 5.58. The molecule has 110 valence electrons. The molecular formula is C15H16N2O3S.